The molecule has 0 unspecified atom stereocenters. The predicted molar refractivity (Wildman–Crippen MR) is 67.2 cm³/mol. The fraction of sp³-hybridized carbons (Fsp3) is 0.455. The highest BCUT2D eigenvalue weighted by Crippen LogP contribution is 2.10. The minimum absolute atomic E-state index is 0.0231. The largest absolute Gasteiger partial charge is 0.469 e. The van der Waals surface area contributed by atoms with Crippen molar-refractivity contribution in [3.63, 3.8) is 0 Å². The average Bonchev–Trinajstić information content (AvgIpc) is 3.06. The lowest BCUT2D eigenvalue weighted by molar-refractivity contribution is -0.139. The molecule has 2 aromatic rings. The van der Waals surface area contributed by atoms with Crippen molar-refractivity contribution in [2.24, 2.45) is 7.05 Å². The van der Waals surface area contributed by atoms with E-state index in [-0.39, 0.29) is 18.7 Å². The standard InChI is InChI=1S/C11H14N6O4/c1-16-8(12-6-13-16)5-17-7(4-9(18)20-2)10(14-15-17)11(19)21-3/h6H,4-5H2,1-3H3. The van der Waals surface area contributed by atoms with Gasteiger partial charge in [0.2, 0.25) is 0 Å². The van der Waals surface area contributed by atoms with Crippen LogP contribution in [-0.4, -0.2) is 55.9 Å². The Kier molecular flexibility index (Phi) is 4.26. The number of nitrogens with zero attached hydrogens (tertiary/aromatic N) is 6. The maximum Gasteiger partial charge on any atom is 0.360 e. The van der Waals surface area contributed by atoms with Gasteiger partial charge in [0.25, 0.3) is 0 Å². The second-order valence-electron chi connectivity index (χ2n) is 4.09. The summed E-state index contributed by atoms with van der Waals surface area (Å²) in [5.41, 5.74) is 0.279. The van der Waals surface area contributed by atoms with Crippen LogP contribution in [0.3, 0.4) is 0 Å². The number of rotatable bonds is 5. The van der Waals surface area contributed by atoms with Crippen LogP contribution in [0, 0.1) is 0 Å². The van der Waals surface area contributed by atoms with Gasteiger partial charge in [-0.15, -0.1) is 5.10 Å². The van der Waals surface area contributed by atoms with Crippen molar-refractivity contribution in [1.29, 1.82) is 0 Å². The highest BCUT2D eigenvalue weighted by atomic mass is 16.5. The maximum atomic E-state index is 11.7. The molecule has 0 spiro atoms. The van der Waals surface area contributed by atoms with Crippen LogP contribution in [0.5, 0.6) is 0 Å². The molecule has 112 valence electrons. The van der Waals surface area contributed by atoms with E-state index in [9.17, 15) is 9.59 Å². The SMILES string of the molecule is COC(=O)Cc1c(C(=O)OC)nnn1Cc1ncnn1C. The summed E-state index contributed by atoms with van der Waals surface area (Å²) in [4.78, 5) is 27.2. The number of hydrogen-bond acceptors (Lipinski definition) is 8. The number of hydrogen-bond donors (Lipinski definition) is 0. The molecule has 0 aliphatic heterocycles. The summed E-state index contributed by atoms with van der Waals surface area (Å²) in [5.74, 6) is -0.581. The van der Waals surface area contributed by atoms with Gasteiger partial charge < -0.3 is 9.47 Å². The van der Waals surface area contributed by atoms with Gasteiger partial charge in [0.1, 0.15) is 18.7 Å². The molecular weight excluding hydrogens is 280 g/mol. The minimum Gasteiger partial charge on any atom is -0.469 e. The van der Waals surface area contributed by atoms with Crippen molar-refractivity contribution in [2.75, 3.05) is 14.2 Å². The van der Waals surface area contributed by atoms with Crippen LogP contribution in [0.15, 0.2) is 6.33 Å². The molecule has 0 aliphatic carbocycles. The van der Waals surface area contributed by atoms with Gasteiger partial charge in [0.15, 0.2) is 5.69 Å². The van der Waals surface area contributed by atoms with Crippen LogP contribution >= 0.6 is 0 Å². The fourth-order valence-corrected chi connectivity index (χ4v) is 1.70. The van der Waals surface area contributed by atoms with Gasteiger partial charge >= 0.3 is 11.9 Å². The molecule has 2 rings (SSSR count). The number of methoxy groups -OCH3 is 2. The molecule has 0 saturated carbocycles. The molecule has 10 nitrogen and oxygen atoms in total. The molecule has 2 heterocycles. The summed E-state index contributed by atoms with van der Waals surface area (Å²) >= 11 is 0. The first-order valence-electron chi connectivity index (χ1n) is 5.97. The third-order valence-corrected chi connectivity index (χ3v) is 2.85. The van der Waals surface area contributed by atoms with Crippen molar-refractivity contribution < 1.29 is 19.1 Å². The highest BCUT2D eigenvalue weighted by Gasteiger charge is 2.23. The summed E-state index contributed by atoms with van der Waals surface area (Å²) in [6.07, 6.45) is 1.25. The van der Waals surface area contributed by atoms with Gasteiger partial charge in [-0.3, -0.25) is 9.48 Å². The third-order valence-electron chi connectivity index (χ3n) is 2.85. The van der Waals surface area contributed by atoms with Crippen molar-refractivity contribution in [3.05, 3.63) is 23.5 Å². The smallest absolute Gasteiger partial charge is 0.360 e. The fourth-order valence-electron chi connectivity index (χ4n) is 1.70. The molecule has 0 bridgehead atoms. The lowest BCUT2D eigenvalue weighted by Gasteiger charge is -2.06. The van der Waals surface area contributed by atoms with Crippen molar-refractivity contribution >= 4 is 11.9 Å². The molecule has 0 aromatic carbocycles. The molecular formula is C11H14N6O4. The highest BCUT2D eigenvalue weighted by molar-refractivity contribution is 5.89. The molecule has 0 radical (unpaired) electrons. The van der Waals surface area contributed by atoms with Gasteiger partial charge in [0.05, 0.1) is 26.3 Å². The van der Waals surface area contributed by atoms with Crippen LogP contribution in [0.2, 0.25) is 0 Å². The van der Waals surface area contributed by atoms with E-state index in [0.717, 1.165) is 0 Å². The zero-order valence-corrected chi connectivity index (χ0v) is 11.8. The number of aryl methyl sites for hydroxylation is 1. The van der Waals surface area contributed by atoms with E-state index >= 15 is 0 Å². The topological polar surface area (TPSA) is 114 Å². The summed E-state index contributed by atoms with van der Waals surface area (Å²) in [6.45, 7) is 0.215. The van der Waals surface area contributed by atoms with Crippen LogP contribution in [0.4, 0.5) is 0 Å². The summed E-state index contributed by atoms with van der Waals surface area (Å²) in [6, 6.07) is 0. The normalized spacial score (nSPS) is 10.4. The van der Waals surface area contributed by atoms with Crippen molar-refractivity contribution in [1.82, 2.24) is 29.8 Å². The molecule has 0 saturated heterocycles. The number of aromatic nitrogens is 6. The molecule has 0 fully saturated rings. The summed E-state index contributed by atoms with van der Waals surface area (Å²) < 4.78 is 12.2. The summed E-state index contributed by atoms with van der Waals surface area (Å²) in [5, 5.41) is 11.6. The number of ether oxygens (including phenoxy) is 2. The Morgan fingerprint density at radius 2 is 2.05 bits per heavy atom. The van der Waals surface area contributed by atoms with Crippen LogP contribution in [0.1, 0.15) is 22.0 Å². The Morgan fingerprint density at radius 3 is 2.62 bits per heavy atom. The number of carbonyl (C=O) groups is 2. The maximum absolute atomic E-state index is 11.7. The van der Waals surface area contributed by atoms with Gasteiger partial charge in [0, 0.05) is 7.05 Å². The Morgan fingerprint density at radius 1 is 1.29 bits per heavy atom. The van der Waals surface area contributed by atoms with Gasteiger partial charge in [-0.2, -0.15) is 5.10 Å². The second kappa shape index (κ2) is 6.11. The Balaban J connectivity index is 2.36. The average molecular weight is 294 g/mol. The van der Waals surface area contributed by atoms with Crippen molar-refractivity contribution in [3.8, 4) is 0 Å². The Bertz CT molecular complexity index is 661. The molecule has 21 heavy (non-hydrogen) atoms. The van der Waals surface area contributed by atoms with Crippen molar-refractivity contribution in [2.45, 2.75) is 13.0 Å². The molecule has 0 atom stereocenters. The molecule has 2 aromatic heterocycles. The zero-order valence-electron chi connectivity index (χ0n) is 11.8. The van der Waals surface area contributed by atoms with Gasteiger partial charge in [-0.05, 0) is 0 Å². The predicted octanol–water partition coefficient (Wildman–Crippen LogP) is -1.04. The van der Waals surface area contributed by atoms with Crippen LogP contribution in [0.25, 0.3) is 0 Å². The van der Waals surface area contributed by atoms with Gasteiger partial charge in [-0.1, -0.05) is 5.21 Å². The van der Waals surface area contributed by atoms with Crippen LogP contribution < -0.4 is 0 Å². The molecule has 10 heteroatoms. The minimum atomic E-state index is -0.668. The van der Waals surface area contributed by atoms with E-state index in [2.05, 4.69) is 29.9 Å². The monoisotopic (exact) mass is 294 g/mol. The van der Waals surface area contributed by atoms with Crippen LogP contribution in [-0.2, 0) is 34.3 Å². The van der Waals surface area contributed by atoms with E-state index in [1.807, 2.05) is 0 Å². The Hall–Kier alpha value is -2.78. The van der Waals surface area contributed by atoms with E-state index in [0.29, 0.717) is 11.5 Å². The first kappa shape index (κ1) is 14.6. The molecule has 0 amide bonds. The Labute approximate surface area is 119 Å². The van der Waals surface area contributed by atoms with Gasteiger partial charge in [-0.25, -0.2) is 14.5 Å². The first-order chi connectivity index (χ1) is 10.1. The zero-order chi connectivity index (χ0) is 15.4. The van der Waals surface area contributed by atoms with E-state index in [4.69, 9.17) is 0 Å². The summed E-state index contributed by atoms with van der Waals surface area (Å²) in [7, 11) is 4.21. The molecule has 0 N–H and O–H groups in total. The quantitative estimate of drug-likeness (QED) is 0.642. The lowest BCUT2D eigenvalue weighted by Crippen LogP contribution is -2.17. The van der Waals surface area contributed by atoms with E-state index < -0.39 is 11.9 Å². The lowest BCUT2D eigenvalue weighted by atomic mass is 10.2. The number of esters is 2. The first-order valence-corrected chi connectivity index (χ1v) is 5.97. The second-order valence-corrected chi connectivity index (χ2v) is 4.09. The third kappa shape index (κ3) is 3.04. The van der Waals surface area contributed by atoms with E-state index in [1.165, 1.54) is 25.2 Å². The van der Waals surface area contributed by atoms with E-state index in [1.54, 1.807) is 11.7 Å². The molecule has 0 aliphatic rings. The number of carbonyl (C=O) groups excluding carboxylic acids is 2.